The van der Waals surface area contributed by atoms with Crippen LogP contribution in [0.2, 0.25) is 0 Å². The maximum absolute atomic E-state index is 2.46. The summed E-state index contributed by atoms with van der Waals surface area (Å²) < 4.78 is 0. The van der Waals surface area contributed by atoms with Crippen molar-refractivity contribution in [3.8, 4) is 0 Å². The van der Waals surface area contributed by atoms with Gasteiger partial charge in [0, 0.05) is 10.8 Å². The molecular formula is C28H42. The fourth-order valence-electron chi connectivity index (χ4n) is 4.72. The molecule has 0 aromatic heterocycles. The topological polar surface area (TPSA) is 0 Å². The third-order valence-corrected chi connectivity index (χ3v) is 6.37. The van der Waals surface area contributed by atoms with Gasteiger partial charge in [-0.2, -0.15) is 0 Å². The average molecular weight is 379 g/mol. The van der Waals surface area contributed by atoms with Crippen molar-refractivity contribution in [1.82, 2.24) is 0 Å². The van der Waals surface area contributed by atoms with E-state index >= 15 is 0 Å². The Morgan fingerprint density at radius 2 is 1.64 bits per heavy atom. The molecule has 2 aliphatic rings. The van der Waals surface area contributed by atoms with E-state index in [9.17, 15) is 0 Å². The third kappa shape index (κ3) is 4.27. The van der Waals surface area contributed by atoms with Crippen molar-refractivity contribution < 1.29 is 0 Å². The molecule has 0 amide bonds. The first-order chi connectivity index (χ1) is 13.1. The molecule has 0 N–H and O–H groups in total. The van der Waals surface area contributed by atoms with E-state index in [4.69, 9.17) is 0 Å². The summed E-state index contributed by atoms with van der Waals surface area (Å²) in [5, 5.41) is 0. The summed E-state index contributed by atoms with van der Waals surface area (Å²) in [6, 6.07) is 0. The molecule has 154 valence electrons. The summed E-state index contributed by atoms with van der Waals surface area (Å²) in [5.74, 6) is 0. The minimum atomic E-state index is 0.119. The highest BCUT2D eigenvalue weighted by atomic mass is 14.5. The van der Waals surface area contributed by atoms with Crippen LogP contribution in [0.3, 0.4) is 0 Å². The number of hydrogen-bond donors (Lipinski definition) is 0. The third-order valence-electron chi connectivity index (χ3n) is 6.37. The minimum Gasteiger partial charge on any atom is -0.0870 e. The van der Waals surface area contributed by atoms with Crippen LogP contribution in [0.15, 0.2) is 81.5 Å². The monoisotopic (exact) mass is 378 g/mol. The highest BCUT2D eigenvalue weighted by Gasteiger charge is 2.48. The van der Waals surface area contributed by atoms with Crippen LogP contribution in [-0.4, -0.2) is 0 Å². The van der Waals surface area contributed by atoms with E-state index in [1.165, 1.54) is 33.4 Å². The molecule has 28 heavy (non-hydrogen) atoms. The van der Waals surface area contributed by atoms with Crippen molar-refractivity contribution >= 4 is 0 Å². The highest BCUT2D eigenvalue weighted by molar-refractivity contribution is 5.60. The van der Waals surface area contributed by atoms with Crippen LogP contribution in [0, 0.1) is 10.8 Å². The molecule has 0 radical (unpaired) electrons. The van der Waals surface area contributed by atoms with Gasteiger partial charge in [-0.05, 0) is 75.8 Å². The first-order valence-electron chi connectivity index (χ1n) is 10.9. The van der Waals surface area contributed by atoms with Gasteiger partial charge in [-0.3, -0.25) is 0 Å². The van der Waals surface area contributed by atoms with Gasteiger partial charge in [-0.1, -0.05) is 88.3 Å². The number of allylic oxidation sites excluding steroid dienone is 14. The predicted molar refractivity (Wildman–Crippen MR) is 128 cm³/mol. The molecule has 2 rings (SSSR count). The zero-order valence-electron chi connectivity index (χ0n) is 20.2. The number of hydrogen-bond acceptors (Lipinski definition) is 0. The van der Waals surface area contributed by atoms with E-state index in [-0.39, 0.29) is 10.8 Å². The lowest BCUT2D eigenvalue weighted by atomic mass is 9.69. The normalized spacial score (nSPS) is 24.0. The molecule has 0 aromatic rings. The van der Waals surface area contributed by atoms with E-state index in [1.807, 2.05) is 13.8 Å². The van der Waals surface area contributed by atoms with Crippen LogP contribution >= 0.6 is 0 Å². The predicted octanol–water partition coefficient (Wildman–Crippen LogP) is 9.07. The van der Waals surface area contributed by atoms with Crippen LogP contribution in [0.4, 0.5) is 0 Å². The van der Waals surface area contributed by atoms with Gasteiger partial charge >= 0.3 is 0 Å². The van der Waals surface area contributed by atoms with Gasteiger partial charge in [0.25, 0.3) is 0 Å². The van der Waals surface area contributed by atoms with Crippen LogP contribution in [0.25, 0.3) is 0 Å². The Labute approximate surface area is 175 Å². The molecule has 1 atom stereocenters. The summed E-state index contributed by atoms with van der Waals surface area (Å²) in [6.45, 7) is 24.4. The molecular weight excluding hydrogens is 336 g/mol. The SMILES string of the molecule is C/C=C\C(=C(C)C)C(=C/C)/C(C)=C\C1=C(C)C(C)(C)C2=CC=CCC21C.CC. The van der Waals surface area contributed by atoms with Crippen molar-refractivity contribution in [3.05, 3.63) is 81.5 Å². The quantitative estimate of drug-likeness (QED) is 0.428. The standard InChI is InChI=1S/C26H36.C2H6/c1-10-14-22(18(3)4)21(11-2)19(5)17-23-20(6)25(7,8)24-15-12-13-16-26(23,24)9;1-2/h10-15,17H,16H2,1-9H3;1-2H3/b14-10-,19-17-,21-11+;. The zero-order chi connectivity index (χ0) is 21.7. The van der Waals surface area contributed by atoms with Crippen LogP contribution in [0.5, 0.6) is 0 Å². The van der Waals surface area contributed by atoms with E-state index in [0.29, 0.717) is 0 Å². The van der Waals surface area contributed by atoms with Gasteiger partial charge in [-0.25, -0.2) is 0 Å². The van der Waals surface area contributed by atoms with Crippen LogP contribution < -0.4 is 0 Å². The molecule has 0 nitrogen and oxygen atoms in total. The Kier molecular flexibility index (Phi) is 8.30. The Balaban J connectivity index is 0.00000190. The van der Waals surface area contributed by atoms with Gasteiger partial charge in [-0.15, -0.1) is 0 Å². The maximum Gasteiger partial charge on any atom is 0.0179 e. The van der Waals surface area contributed by atoms with E-state index in [1.54, 1.807) is 5.57 Å². The Bertz CT molecular complexity index is 793. The van der Waals surface area contributed by atoms with Crippen molar-refractivity contribution in [3.63, 3.8) is 0 Å². The lowest BCUT2D eigenvalue weighted by molar-refractivity contribution is 0.427. The Hall–Kier alpha value is -1.82. The van der Waals surface area contributed by atoms with Gasteiger partial charge in [0.1, 0.15) is 0 Å². The molecule has 0 heteroatoms. The highest BCUT2D eigenvalue weighted by Crippen LogP contribution is 2.60. The summed E-state index contributed by atoms with van der Waals surface area (Å²) in [7, 11) is 0. The average Bonchev–Trinajstić information content (AvgIpc) is 2.80. The van der Waals surface area contributed by atoms with Gasteiger partial charge in [0.15, 0.2) is 0 Å². The molecule has 0 bridgehead atoms. The van der Waals surface area contributed by atoms with Crippen molar-refractivity contribution in [2.24, 2.45) is 10.8 Å². The smallest absolute Gasteiger partial charge is 0.0179 e. The van der Waals surface area contributed by atoms with Gasteiger partial charge < -0.3 is 0 Å². The molecule has 0 aliphatic heterocycles. The summed E-state index contributed by atoms with van der Waals surface area (Å²) in [4.78, 5) is 0. The summed E-state index contributed by atoms with van der Waals surface area (Å²) >= 11 is 0. The molecule has 2 aliphatic carbocycles. The maximum atomic E-state index is 2.46. The van der Waals surface area contributed by atoms with Crippen LogP contribution in [-0.2, 0) is 0 Å². The second-order valence-electron chi connectivity index (χ2n) is 8.65. The lowest BCUT2D eigenvalue weighted by Crippen LogP contribution is -2.24. The molecule has 1 unspecified atom stereocenters. The van der Waals surface area contributed by atoms with Crippen molar-refractivity contribution in [1.29, 1.82) is 0 Å². The number of rotatable bonds is 4. The second kappa shape index (κ2) is 9.59. The molecule has 0 heterocycles. The molecule has 0 aromatic carbocycles. The molecule has 0 spiro atoms. The van der Waals surface area contributed by atoms with E-state index < -0.39 is 0 Å². The zero-order valence-corrected chi connectivity index (χ0v) is 20.2. The minimum absolute atomic E-state index is 0.119. The summed E-state index contributed by atoms with van der Waals surface area (Å²) in [6.07, 6.45) is 17.1. The van der Waals surface area contributed by atoms with Gasteiger partial charge in [0.05, 0.1) is 0 Å². The van der Waals surface area contributed by atoms with Crippen molar-refractivity contribution in [2.45, 2.75) is 82.6 Å². The first kappa shape index (κ1) is 24.2. The van der Waals surface area contributed by atoms with E-state index in [0.717, 1.165) is 6.42 Å². The van der Waals surface area contributed by atoms with Crippen LogP contribution in [0.1, 0.15) is 82.6 Å². The Morgan fingerprint density at radius 3 is 2.14 bits per heavy atom. The first-order valence-corrected chi connectivity index (χ1v) is 10.9. The Morgan fingerprint density at radius 1 is 1.04 bits per heavy atom. The molecule has 0 fully saturated rings. The molecule has 0 saturated heterocycles. The fourth-order valence-corrected chi connectivity index (χ4v) is 4.72. The largest absolute Gasteiger partial charge is 0.0870 e. The lowest BCUT2D eigenvalue weighted by Gasteiger charge is -2.35. The van der Waals surface area contributed by atoms with Crippen molar-refractivity contribution in [2.75, 3.05) is 0 Å². The summed E-state index contributed by atoms with van der Waals surface area (Å²) in [5.41, 5.74) is 10.2. The van der Waals surface area contributed by atoms with E-state index in [2.05, 4.69) is 105 Å². The fraction of sp³-hybridized carbons (Fsp3) is 0.500. The van der Waals surface area contributed by atoms with Gasteiger partial charge in [0.2, 0.25) is 0 Å². The number of fused-ring (bicyclic) bond motifs is 1. The molecule has 0 saturated carbocycles. The second-order valence-corrected chi connectivity index (χ2v) is 8.65.